The highest BCUT2D eigenvalue weighted by molar-refractivity contribution is 5.58. The molecule has 25 heavy (non-hydrogen) atoms. The highest BCUT2D eigenvalue weighted by Crippen LogP contribution is 2.34. The van der Waals surface area contributed by atoms with Gasteiger partial charge in [-0.2, -0.15) is 4.98 Å². The molecular formula is C18H23N3O4. The number of rotatable bonds is 6. The van der Waals surface area contributed by atoms with Crippen LogP contribution in [0.25, 0.3) is 0 Å². The summed E-state index contributed by atoms with van der Waals surface area (Å²) in [6, 6.07) is 9.32. The second-order valence-electron chi connectivity index (χ2n) is 6.36. The van der Waals surface area contributed by atoms with E-state index in [2.05, 4.69) is 10.3 Å². The predicted molar refractivity (Wildman–Crippen MR) is 93.8 cm³/mol. The van der Waals surface area contributed by atoms with Crippen molar-refractivity contribution < 1.29 is 14.9 Å². The Labute approximate surface area is 145 Å². The molecule has 0 saturated heterocycles. The van der Waals surface area contributed by atoms with Gasteiger partial charge in [-0.05, 0) is 25.0 Å². The summed E-state index contributed by atoms with van der Waals surface area (Å²) in [6.45, 7) is 0.222. The van der Waals surface area contributed by atoms with Crippen molar-refractivity contribution in [2.75, 3.05) is 19.0 Å². The van der Waals surface area contributed by atoms with Gasteiger partial charge in [0, 0.05) is 43.1 Å². The highest BCUT2D eigenvalue weighted by Gasteiger charge is 2.34. The number of hydrogen-bond donors (Lipinski definition) is 3. The molecule has 134 valence electrons. The molecule has 0 bridgehead atoms. The zero-order valence-corrected chi connectivity index (χ0v) is 14.1. The monoisotopic (exact) mass is 345 g/mol. The number of nitrogens with zero attached hydrogens (tertiary/aromatic N) is 2. The summed E-state index contributed by atoms with van der Waals surface area (Å²) in [5.74, 6) is 0.261. The van der Waals surface area contributed by atoms with E-state index in [1.54, 1.807) is 17.9 Å². The number of hydrogen-bond acceptors (Lipinski definition) is 6. The largest absolute Gasteiger partial charge is 0.396 e. The molecule has 1 heterocycles. The second kappa shape index (κ2) is 7.77. The minimum absolute atomic E-state index is 0.0849. The molecule has 0 unspecified atom stereocenters. The summed E-state index contributed by atoms with van der Waals surface area (Å²) in [5, 5.41) is 22.5. The topological polar surface area (TPSA) is 96.6 Å². The lowest BCUT2D eigenvalue weighted by Gasteiger charge is -2.17. The molecule has 1 fully saturated rings. The normalized spacial score (nSPS) is 22.9. The molecule has 1 aliphatic carbocycles. The van der Waals surface area contributed by atoms with E-state index in [0.29, 0.717) is 25.3 Å². The predicted octanol–water partition coefficient (Wildman–Crippen LogP) is 1.44. The SMILES string of the molecule is COCc1cn([C@@H]2C[C@H](CO)[C@@H](O)C2)c(=O)nc1Nc1ccccc1. The molecule has 3 rings (SSSR count). The molecule has 3 N–H and O–H groups in total. The summed E-state index contributed by atoms with van der Waals surface area (Å²) in [6.07, 6.45) is 2.12. The van der Waals surface area contributed by atoms with Gasteiger partial charge in [0.25, 0.3) is 0 Å². The lowest BCUT2D eigenvalue weighted by atomic mass is 10.1. The highest BCUT2D eigenvalue weighted by atomic mass is 16.5. The average molecular weight is 345 g/mol. The van der Waals surface area contributed by atoms with Crippen LogP contribution in [-0.4, -0.2) is 39.6 Å². The third-order valence-electron chi connectivity index (χ3n) is 4.62. The Morgan fingerprint density at radius 1 is 1.32 bits per heavy atom. The Balaban J connectivity index is 1.91. The van der Waals surface area contributed by atoms with Crippen molar-refractivity contribution in [1.82, 2.24) is 9.55 Å². The standard InChI is InChI=1S/C18H23N3O4/c1-25-11-13-9-21(15-7-12(10-22)16(23)8-15)18(24)20-17(13)19-14-5-3-2-4-6-14/h2-6,9,12,15-16,22-23H,7-8,10-11H2,1H3,(H,19,20,24)/t12-,15-,16+/m1/s1. The van der Waals surface area contributed by atoms with Gasteiger partial charge < -0.3 is 20.3 Å². The number of aliphatic hydroxyl groups is 2. The zero-order valence-electron chi connectivity index (χ0n) is 14.1. The first-order valence-electron chi connectivity index (χ1n) is 8.34. The molecule has 3 atom stereocenters. The number of ether oxygens (including phenoxy) is 1. The van der Waals surface area contributed by atoms with Crippen LogP contribution in [0.4, 0.5) is 11.5 Å². The van der Waals surface area contributed by atoms with Gasteiger partial charge in [-0.25, -0.2) is 4.79 Å². The molecule has 1 aromatic heterocycles. The summed E-state index contributed by atoms with van der Waals surface area (Å²) in [4.78, 5) is 16.7. The van der Waals surface area contributed by atoms with Crippen molar-refractivity contribution in [3.63, 3.8) is 0 Å². The summed E-state index contributed by atoms with van der Waals surface area (Å²) >= 11 is 0. The average Bonchev–Trinajstić information content (AvgIpc) is 2.99. The van der Waals surface area contributed by atoms with Crippen LogP contribution in [0, 0.1) is 5.92 Å². The first kappa shape index (κ1) is 17.6. The molecule has 0 amide bonds. The van der Waals surface area contributed by atoms with Gasteiger partial charge >= 0.3 is 5.69 Å². The zero-order chi connectivity index (χ0) is 17.8. The number of para-hydroxylation sites is 1. The number of nitrogens with one attached hydrogen (secondary N) is 1. The number of methoxy groups -OCH3 is 1. The fourth-order valence-electron chi connectivity index (χ4n) is 3.30. The van der Waals surface area contributed by atoms with E-state index in [-0.39, 0.29) is 24.3 Å². The van der Waals surface area contributed by atoms with E-state index in [4.69, 9.17) is 4.74 Å². The van der Waals surface area contributed by atoms with Crippen LogP contribution in [0.1, 0.15) is 24.4 Å². The Morgan fingerprint density at radius 3 is 2.72 bits per heavy atom. The molecule has 0 aliphatic heterocycles. The lowest BCUT2D eigenvalue weighted by Crippen LogP contribution is -2.28. The number of benzene rings is 1. The minimum Gasteiger partial charge on any atom is -0.396 e. The Bertz CT molecular complexity index is 763. The fraction of sp³-hybridized carbons (Fsp3) is 0.444. The van der Waals surface area contributed by atoms with Crippen LogP contribution in [0.5, 0.6) is 0 Å². The molecule has 1 saturated carbocycles. The molecular weight excluding hydrogens is 322 g/mol. The number of aromatic nitrogens is 2. The van der Waals surface area contributed by atoms with E-state index in [0.717, 1.165) is 11.3 Å². The Hall–Kier alpha value is -2.22. The van der Waals surface area contributed by atoms with Crippen molar-refractivity contribution in [3.8, 4) is 0 Å². The van der Waals surface area contributed by atoms with Crippen molar-refractivity contribution >= 4 is 11.5 Å². The molecule has 7 nitrogen and oxygen atoms in total. The fourth-order valence-corrected chi connectivity index (χ4v) is 3.30. The van der Waals surface area contributed by atoms with Gasteiger partial charge in [0.2, 0.25) is 0 Å². The molecule has 2 aromatic rings. The van der Waals surface area contributed by atoms with Crippen LogP contribution in [0.2, 0.25) is 0 Å². The third-order valence-corrected chi connectivity index (χ3v) is 4.62. The number of anilines is 2. The van der Waals surface area contributed by atoms with Gasteiger partial charge in [0.05, 0.1) is 12.7 Å². The van der Waals surface area contributed by atoms with Crippen molar-refractivity contribution in [3.05, 3.63) is 52.6 Å². The maximum atomic E-state index is 12.5. The maximum absolute atomic E-state index is 12.5. The van der Waals surface area contributed by atoms with Gasteiger partial charge in [0.1, 0.15) is 5.82 Å². The van der Waals surface area contributed by atoms with Crippen molar-refractivity contribution in [2.45, 2.75) is 31.6 Å². The van der Waals surface area contributed by atoms with Gasteiger partial charge in [0.15, 0.2) is 0 Å². The summed E-state index contributed by atoms with van der Waals surface area (Å²) < 4.78 is 6.79. The van der Waals surface area contributed by atoms with Crippen molar-refractivity contribution in [1.29, 1.82) is 0 Å². The van der Waals surface area contributed by atoms with Crippen molar-refractivity contribution in [2.24, 2.45) is 5.92 Å². The van der Waals surface area contributed by atoms with Gasteiger partial charge in [-0.15, -0.1) is 0 Å². The third kappa shape index (κ3) is 3.89. The van der Waals surface area contributed by atoms with E-state index in [1.807, 2.05) is 30.3 Å². The van der Waals surface area contributed by atoms with Crippen LogP contribution in [0.3, 0.4) is 0 Å². The summed E-state index contributed by atoms with van der Waals surface area (Å²) in [7, 11) is 1.59. The Morgan fingerprint density at radius 2 is 2.08 bits per heavy atom. The van der Waals surface area contributed by atoms with Crippen LogP contribution in [0.15, 0.2) is 41.3 Å². The molecule has 0 spiro atoms. The van der Waals surface area contributed by atoms with E-state index in [1.165, 1.54) is 0 Å². The first-order chi connectivity index (χ1) is 12.1. The maximum Gasteiger partial charge on any atom is 0.349 e. The Kier molecular flexibility index (Phi) is 5.47. The minimum atomic E-state index is -0.602. The van der Waals surface area contributed by atoms with Crippen LogP contribution < -0.4 is 11.0 Å². The molecule has 0 radical (unpaired) electrons. The smallest absolute Gasteiger partial charge is 0.349 e. The molecule has 7 heteroatoms. The van der Waals surface area contributed by atoms with Gasteiger partial charge in [-0.1, -0.05) is 18.2 Å². The second-order valence-corrected chi connectivity index (χ2v) is 6.36. The first-order valence-corrected chi connectivity index (χ1v) is 8.34. The van der Waals surface area contributed by atoms with Crippen LogP contribution in [-0.2, 0) is 11.3 Å². The van der Waals surface area contributed by atoms with Crippen LogP contribution >= 0.6 is 0 Å². The summed E-state index contributed by atoms with van der Waals surface area (Å²) in [5.41, 5.74) is 1.21. The molecule has 1 aliphatic rings. The van der Waals surface area contributed by atoms with E-state index < -0.39 is 6.10 Å². The van der Waals surface area contributed by atoms with E-state index in [9.17, 15) is 15.0 Å². The lowest BCUT2D eigenvalue weighted by molar-refractivity contribution is 0.0906. The van der Waals surface area contributed by atoms with E-state index >= 15 is 0 Å². The number of aliphatic hydroxyl groups excluding tert-OH is 2. The van der Waals surface area contributed by atoms with Gasteiger partial charge in [-0.3, -0.25) is 4.57 Å². The quantitative estimate of drug-likeness (QED) is 0.733. The molecule has 1 aromatic carbocycles.